The van der Waals surface area contributed by atoms with Crippen molar-refractivity contribution in [1.82, 2.24) is 5.32 Å². The molecule has 0 aromatic carbocycles. The minimum atomic E-state index is 0.0963. The normalized spacial score (nSPS) is 34.3. The fraction of sp³-hybridized carbons (Fsp3) is 1.00. The van der Waals surface area contributed by atoms with Gasteiger partial charge in [0.15, 0.2) is 0 Å². The van der Waals surface area contributed by atoms with Crippen LogP contribution in [0.25, 0.3) is 0 Å². The van der Waals surface area contributed by atoms with Crippen molar-refractivity contribution < 1.29 is 4.74 Å². The molecule has 2 saturated carbocycles. The number of rotatable bonds is 0. The molecule has 2 nitrogen and oxygen atoms in total. The molecule has 0 amide bonds. The van der Waals surface area contributed by atoms with Crippen LogP contribution in [0.1, 0.15) is 51.4 Å². The second-order valence-corrected chi connectivity index (χ2v) is 5.55. The smallest absolute Gasteiger partial charge is 0.119 e. The summed E-state index contributed by atoms with van der Waals surface area (Å²) in [5.74, 6) is 0. The molecule has 3 fully saturated rings. The van der Waals surface area contributed by atoms with E-state index >= 15 is 0 Å². The molecule has 2 aliphatic carbocycles. The van der Waals surface area contributed by atoms with Crippen LogP contribution < -0.4 is 5.32 Å². The van der Waals surface area contributed by atoms with Gasteiger partial charge in [-0.25, -0.2) is 0 Å². The van der Waals surface area contributed by atoms with E-state index in [9.17, 15) is 0 Å². The van der Waals surface area contributed by atoms with Crippen molar-refractivity contribution >= 4 is 0 Å². The number of hydrogen-bond acceptors (Lipinski definition) is 2. The third kappa shape index (κ3) is 1.40. The molecule has 0 aromatic heterocycles. The first-order valence-electron chi connectivity index (χ1n) is 6.22. The van der Waals surface area contributed by atoms with Crippen LogP contribution >= 0.6 is 0 Å². The largest absolute Gasteiger partial charge is 0.360 e. The first-order chi connectivity index (χ1) is 6.83. The van der Waals surface area contributed by atoms with Crippen molar-refractivity contribution in [1.29, 1.82) is 0 Å². The van der Waals surface area contributed by atoms with Gasteiger partial charge >= 0.3 is 0 Å². The number of nitrogens with one attached hydrogen (secondary N) is 1. The van der Waals surface area contributed by atoms with Crippen molar-refractivity contribution in [2.45, 2.75) is 57.1 Å². The molecule has 3 aliphatic rings. The summed E-state index contributed by atoms with van der Waals surface area (Å²) >= 11 is 0. The molecule has 0 radical (unpaired) electrons. The summed E-state index contributed by atoms with van der Waals surface area (Å²) in [4.78, 5) is 0. The first-order valence-corrected chi connectivity index (χ1v) is 6.22. The summed E-state index contributed by atoms with van der Waals surface area (Å²) in [6.07, 6.45) is 10.8. The van der Waals surface area contributed by atoms with E-state index in [1.807, 2.05) is 0 Å². The van der Waals surface area contributed by atoms with E-state index in [1.54, 1.807) is 0 Å². The van der Waals surface area contributed by atoms with E-state index in [4.69, 9.17) is 4.74 Å². The highest BCUT2D eigenvalue weighted by molar-refractivity contribution is 4.97. The minimum Gasteiger partial charge on any atom is -0.360 e. The van der Waals surface area contributed by atoms with Gasteiger partial charge in [0, 0.05) is 12.0 Å². The zero-order chi connectivity index (χ0) is 9.49. The van der Waals surface area contributed by atoms with Gasteiger partial charge in [-0.05, 0) is 38.5 Å². The number of hydrogen-bond donors (Lipinski definition) is 1. The van der Waals surface area contributed by atoms with E-state index < -0.39 is 0 Å². The van der Waals surface area contributed by atoms with Gasteiger partial charge in [-0.1, -0.05) is 12.8 Å². The molecule has 1 heterocycles. The summed E-state index contributed by atoms with van der Waals surface area (Å²) in [5, 5.41) is 3.70. The van der Waals surface area contributed by atoms with Crippen molar-refractivity contribution in [3.8, 4) is 0 Å². The highest BCUT2D eigenvalue weighted by Gasteiger charge is 2.46. The summed E-state index contributed by atoms with van der Waals surface area (Å²) in [6, 6.07) is 0. The van der Waals surface area contributed by atoms with E-state index in [2.05, 4.69) is 5.32 Å². The standard InChI is InChI=1S/C12H21NO/c1-2-7-12(8-3-1)13-9-11(10-14-12)5-4-6-11/h13H,1-10H2. The predicted molar refractivity (Wildman–Crippen MR) is 56.1 cm³/mol. The Hall–Kier alpha value is -0.0800. The summed E-state index contributed by atoms with van der Waals surface area (Å²) in [5.41, 5.74) is 0.641. The SMILES string of the molecule is C1CCC2(CC1)NCC1(CCC1)CO2. The molecular weight excluding hydrogens is 174 g/mol. The maximum absolute atomic E-state index is 6.15. The average Bonchev–Trinajstić information content (AvgIpc) is 2.18. The summed E-state index contributed by atoms with van der Waals surface area (Å²) in [6.45, 7) is 2.24. The lowest BCUT2D eigenvalue weighted by molar-refractivity contribution is -0.178. The molecule has 1 aliphatic heterocycles. The van der Waals surface area contributed by atoms with Crippen LogP contribution in [0.4, 0.5) is 0 Å². The van der Waals surface area contributed by atoms with Crippen LogP contribution in [0.3, 0.4) is 0 Å². The van der Waals surface area contributed by atoms with Crippen LogP contribution in [0.5, 0.6) is 0 Å². The molecule has 14 heavy (non-hydrogen) atoms. The van der Waals surface area contributed by atoms with Gasteiger partial charge < -0.3 is 4.74 Å². The molecule has 1 N–H and O–H groups in total. The highest BCUT2D eigenvalue weighted by Crippen LogP contribution is 2.45. The maximum atomic E-state index is 6.15. The third-order valence-corrected chi connectivity index (χ3v) is 4.52. The average molecular weight is 195 g/mol. The molecule has 1 saturated heterocycles. The zero-order valence-electron chi connectivity index (χ0n) is 8.98. The topological polar surface area (TPSA) is 21.3 Å². The van der Waals surface area contributed by atoms with E-state index in [1.165, 1.54) is 57.9 Å². The summed E-state index contributed by atoms with van der Waals surface area (Å²) in [7, 11) is 0. The van der Waals surface area contributed by atoms with Crippen LogP contribution in [0.2, 0.25) is 0 Å². The van der Waals surface area contributed by atoms with E-state index in [0.717, 1.165) is 6.61 Å². The Kier molecular flexibility index (Phi) is 2.10. The fourth-order valence-corrected chi connectivity index (χ4v) is 3.18. The fourth-order valence-electron chi connectivity index (χ4n) is 3.18. The Morgan fingerprint density at radius 3 is 2.14 bits per heavy atom. The van der Waals surface area contributed by atoms with Gasteiger partial charge in [-0.15, -0.1) is 0 Å². The molecule has 0 unspecified atom stereocenters. The maximum Gasteiger partial charge on any atom is 0.119 e. The molecule has 2 heteroatoms. The second-order valence-electron chi connectivity index (χ2n) is 5.55. The molecule has 3 rings (SSSR count). The van der Waals surface area contributed by atoms with Crippen LogP contribution in [0.15, 0.2) is 0 Å². The lowest BCUT2D eigenvalue weighted by Gasteiger charge is -2.52. The quantitative estimate of drug-likeness (QED) is 0.641. The molecule has 80 valence electrons. The summed E-state index contributed by atoms with van der Waals surface area (Å²) < 4.78 is 6.15. The minimum absolute atomic E-state index is 0.0963. The van der Waals surface area contributed by atoms with Gasteiger partial charge in [-0.3, -0.25) is 5.32 Å². The second kappa shape index (κ2) is 3.21. The Bertz CT molecular complexity index is 204. The van der Waals surface area contributed by atoms with Gasteiger partial charge in [0.2, 0.25) is 0 Å². The van der Waals surface area contributed by atoms with Gasteiger partial charge in [0.05, 0.1) is 6.61 Å². The van der Waals surface area contributed by atoms with Gasteiger partial charge in [0.1, 0.15) is 5.72 Å². The Balaban J connectivity index is 1.63. The van der Waals surface area contributed by atoms with Crippen LogP contribution in [-0.2, 0) is 4.74 Å². The number of ether oxygens (including phenoxy) is 1. The monoisotopic (exact) mass is 195 g/mol. The Morgan fingerprint density at radius 1 is 0.857 bits per heavy atom. The molecule has 0 atom stereocenters. The van der Waals surface area contributed by atoms with Crippen molar-refractivity contribution in [2.24, 2.45) is 5.41 Å². The lowest BCUT2D eigenvalue weighted by atomic mass is 9.68. The van der Waals surface area contributed by atoms with Gasteiger partial charge in [0.25, 0.3) is 0 Å². The molecule has 2 spiro atoms. The Morgan fingerprint density at radius 2 is 1.64 bits per heavy atom. The van der Waals surface area contributed by atoms with E-state index in [0.29, 0.717) is 5.41 Å². The predicted octanol–water partition coefficient (Wildman–Crippen LogP) is 2.44. The Labute approximate surface area is 86.4 Å². The van der Waals surface area contributed by atoms with Gasteiger partial charge in [-0.2, -0.15) is 0 Å². The third-order valence-electron chi connectivity index (χ3n) is 4.52. The molecular formula is C12H21NO. The lowest BCUT2D eigenvalue weighted by Crippen LogP contribution is -2.61. The van der Waals surface area contributed by atoms with Crippen molar-refractivity contribution in [3.63, 3.8) is 0 Å². The molecule has 0 bridgehead atoms. The van der Waals surface area contributed by atoms with Crippen molar-refractivity contribution in [2.75, 3.05) is 13.2 Å². The molecule has 0 aromatic rings. The van der Waals surface area contributed by atoms with Crippen LogP contribution in [-0.4, -0.2) is 18.9 Å². The van der Waals surface area contributed by atoms with Crippen LogP contribution in [0, 0.1) is 5.41 Å². The highest BCUT2D eigenvalue weighted by atomic mass is 16.5. The van der Waals surface area contributed by atoms with Crippen molar-refractivity contribution in [3.05, 3.63) is 0 Å². The van der Waals surface area contributed by atoms with E-state index in [-0.39, 0.29) is 5.72 Å². The first kappa shape index (κ1) is 9.17. The zero-order valence-corrected chi connectivity index (χ0v) is 8.98.